The van der Waals surface area contributed by atoms with Crippen molar-refractivity contribution in [3.63, 3.8) is 0 Å². The van der Waals surface area contributed by atoms with Gasteiger partial charge in [-0.3, -0.25) is 14.7 Å². The smallest absolute Gasteiger partial charge is 0.255 e. The number of carbonyl (C=O) groups is 1. The van der Waals surface area contributed by atoms with Gasteiger partial charge < -0.3 is 16.0 Å². The summed E-state index contributed by atoms with van der Waals surface area (Å²) in [5, 5.41) is 5.00. The van der Waals surface area contributed by atoms with Gasteiger partial charge in [0.15, 0.2) is 0 Å². The summed E-state index contributed by atoms with van der Waals surface area (Å²) in [7, 11) is 0. The second-order valence-corrected chi connectivity index (χ2v) is 9.35. The van der Waals surface area contributed by atoms with Crippen LogP contribution in [-0.4, -0.2) is 42.0 Å². The third-order valence-electron chi connectivity index (χ3n) is 6.13. The number of piperazine rings is 1. The van der Waals surface area contributed by atoms with Gasteiger partial charge in [-0.15, -0.1) is 11.3 Å². The van der Waals surface area contributed by atoms with Crippen LogP contribution in [0.3, 0.4) is 0 Å². The summed E-state index contributed by atoms with van der Waals surface area (Å²) in [5.74, 6) is -0.160. The number of pyridine rings is 1. The highest BCUT2D eigenvalue weighted by atomic mass is 32.1. The van der Waals surface area contributed by atoms with Crippen LogP contribution >= 0.6 is 11.3 Å². The van der Waals surface area contributed by atoms with E-state index >= 15 is 0 Å². The molecule has 0 aliphatic carbocycles. The highest BCUT2D eigenvalue weighted by Crippen LogP contribution is 2.30. The maximum Gasteiger partial charge on any atom is 0.255 e. The van der Waals surface area contributed by atoms with Crippen LogP contribution in [0.1, 0.15) is 15.9 Å². The third-order valence-corrected chi connectivity index (χ3v) is 7.05. The molecule has 0 bridgehead atoms. The number of nitrogens with zero attached hydrogens (tertiary/aromatic N) is 3. The molecule has 2 aromatic carbocycles. The van der Waals surface area contributed by atoms with Crippen LogP contribution in [0.5, 0.6) is 0 Å². The minimum absolute atomic E-state index is 0.160. The lowest BCUT2D eigenvalue weighted by Crippen LogP contribution is -2.45. The molecule has 34 heavy (non-hydrogen) atoms. The summed E-state index contributed by atoms with van der Waals surface area (Å²) < 4.78 is 0. The molecule has 0 atom stereocenters. The molecule has 1 saturated heterocycles. The van der Waals surface area contributed by atoms with E-state index in [0.29, 0.717) is 16.9 Å². The van der Waals surface area contributed by atoms with Gasteiger partial charge in [0.05, 0.1) is 11.4 Å². The van der Waals surface area contributed by atoms with Gasteiger partial charge in [-0.05, 0) is 59.0 Å². The zero-order valence-electron chi connectivity index (χ0n) is 18.9. The van der Waals surface area contributed by atoms with Crippen molar-refractivity contribution in [1.29, 1.82) is 0 Å². The van der Waals surface area contributed by atoms with Gasteiger partial charge in [-0.2, -0.15) is 0 Å². The van der Waals surface area contributed by atoms with E-state index in [-0.39, 0.29) is 5.91 Å². The van der Waals surface area contributed by atoms with Crippen LogP contribution in [0.4, 0.5) is 17.1 Å². The molecular weight excluding hydrogens is 442 g/mol. The molecule has 3 heterocycles. The molecule has 5 rings (SSSR count). The average Bonchev–Trinajstić information content (AvgIpc) is 3.42. The number of nitrogens with one attached hydrogen (secondary N) is 1. The Hall–Kier alpha value is -3.68. The highest BCUT2D eigenvalue weighted by Gasteiger charge is 2.17. The Labute approximate surface area is 203 Å². The number of hydrogen-bond acceptors (Lipinski definition) is 6. The predicted octanol–water partition coefficient (Wildman–Crippen LogP) is 4.97. The van der Waals surface area contributed by atoms with E-state index in [1.165, 1.54) is 11.3 Å². The predicted molar refractivity (Wildman–Crippen MR) is 140 cm³/mol. The quantitative estimate of drug-likeness (QED) is 0.390. The first-order chi connectivity index (χ1) is 16.7. The van der Waals surface area contributed by atoms with E-state index in [0.717, 1.165) is 43.2 Å². The van der Waals surface area contributed by atoms with Crippen molar-refractivity contribution in [2.75, 3.05) is 42.1 Å². The number of nitrogen functional groups attached to an aromatic ring is 1. The molecule has 4 aromatic rings. The number of thiophene rings is 1. The molecule has 0 saturated carbocycles. The van der Waals surface area contributed by atoms with E-state index in [2.05, 4.69) is 38.3 Å². The number of aromatic nitrogens is 1. The zero-order chi connectivity index (χ0) is 23.3. The van der Waals surface area contributed by atoms with Crippen molar-refractivity contribution < 1.29 is 4.79 Å². The minimum atomic E-state index is -0.160. The zero-order valence-corrected chi connectivity index (χ0v) is 19.7. The van der Waals surface area contributed by atoms with E-state index < -0.39 is 0 Å². The van der Waals surface area contributed by atoms with Crippen LogP contribution in [0.15, 0.2) is 84.5 Å². The Morgan fingerprint density at radius 3 is 2.44 bits per heavy atom. The normalized spacial score (nSPS) is 14.2. The Morgan fingerprint density at radius 2 is 1.74 bits per heavy atom. The Morgan fingerprint density at radius 1 is 0.971 bits per heavy atom. The van der Waals surface area contributed by atoms with Crippen LogP contribution in [0.25, 0.3) is 10.4 Å². The summed E-state index contributed by atoms with van der Waals surface area (Å²) in [6.07, 6.45) is 3.68. The topological polar surface area (TPSA) is 74.5 Å². The number of carbonyl (C=O) groups excluding carboxylic acids is 1. The molecule has 1 fully saturated rings. The van der Waals surface area contributed by atoms with Gasteiger partial charge in [-0.25, -0.2) is 0 Å². The van der Waals surface area contributed by atoms with Crippen LogP contribution in [-0.2, 0) is 6.54 Å². The van der Waals surface area contributed by atoms with E-state index in [9.17, 15) is 4.79 Å². The van der Waals surface area contributed by atoms with Gasteiger partial charge in [0, 0.05) is 61.2 Å². The molecule has 0 spiro atoms. The number of benzene rings is 2. The van der Waals surface area contributed by atoms with Gasteiger partial charge in [0.1, 0.15) is 0 Å². The van der Waals surface area contributed by atoms with E-state index in [4.69, 9.17) is 5.73 Å². The highest BCUT2D eigenvalue weighted by molar-refractivity contribution is 7.13. The summed E-state index contributed by atoms with van der Waals surface area (Å²) >= 11 is 1.66. The lowest BCUT2D eigenvalue weighted by molar-refractivity contribution is 0.102. The van der Waals surface area contributed by atoms with Crippen molar-refractivity contribution in [2.24, 2.45) is 0 Å². The Kier molecular flexibility index (Phi) is 6.56. The molecule has 6 nitrogen and oxygen atoms in total. The van der Waals surface area contributed by atoms with Crippen molar-refractivity contribution in [3.05, 3.63) is 95.6 Å². The van der Waals surface area contributed by atoms with Crippen molar-refractivity contribution >= 4 is 34.3 Å². The van der Waals surface area contributed by atoms with Gasteiger partial charge in [0.25, 0.3) is 5.91 Å². The Bertz CT molecular complexity index is 1230. The fraction of sp³-hybridized carbons (Fsp3) is 0.185. The van der Waals surface area contributed by atoms with Crippen molar-refractivity contribution in [1.82, 2.24) is 9.88 Å². The molecule has 2 aromatic heterocycles. The molecule has 1 aliphatic heterocycles. The monoisotopic (exact) mass is 469 g/mol. The molecule has 0 radical (unpaired) electrons. The second-order valence-electron chi connectivity index (χ2n) is 8.40. The van der Waals surface area contributed by atoms with Gasteiger partial charge in [0.2, 0.25) is 0 Å². The van der Waals surface area contributed by atoms with Crippen LogP contribution in [0.2, 0.25) is 0 Å². The second kappa shape index (κ2) is 10.1. The van der Waals surface area contributed by atoms with Crippen molar-refractivity contribution in [3.8, 4) is 10.4 Å². The number of amides is 1. The lowest BCUT2D eigenvalue weighted by atomic mass is 10.1. The fourth-order valence-electron chi connectivity index (χ4n) is 4.19. The summed E-state index contributed by atoms with van der Waals surface area (Å²) in [6, 6.07) is 21.8. The fourth-order valence-corrected chi connectivity index (χ4v) is 4.92. The molecule has 172 valence electrons. The summed E-state index contributed by atoms with van der Waals surface area (Å²) in [6.45, 7) is 4.88. The maximum absolute atomic E-state index is 12.9. The Balaban J connectivity index is 1.18. The summed E-state index contributed by atoms with van der Waals surface area (Å²) in [4.78, 5) is 22.9. The first kappa shape index (κ1) is 22.1. The molecule has 3 N–H and O–H groups in total. The van der Waals surface area contributed by atoms with Crippen LogP contribution in [0, 0.1) is 0 Å². The number of anilines is 3. The first-order valence-corrected chi connectivity index (χ1v) is 12.2. The minimum Gasteiger partial charge on any atom is -0.397 e. The molecule has 1 amide bonds. The maximum atomic E-state index is 12.9. The first-order valence-electron chi connectivity index (χ1n) is 11.4. The standard InChI is InChI=1S/C27H27N5OS/c28-24-8-7-22(26-2-1-17-34-26)18-25(24)30-27(33)21-5-3-20(4-6-21)19-31-13-15-32(16-14-31)23-9-11-29-12-10-23/h1-12,17-18H,13-16,19,28H2,(H,30,33). The largest absolute Gasteiger partial charge is 0.397 e. The SMILES string of the molecule is Nc1ccc(-c2cccs2)cc1NC(=O)c1ccc(CN2CCN(c3ccncc3)CC2)cc1. The van der Waals surface area contributed by atoms with Crippen molar-refractivity contribution in [2.45, 2.75) is 6.54 Å². The van der Waals surface area contributed by atoms with Gasteiger partial charge >= 0.3 is 0 Å². The molecule has 7 heteroatoms. The lowest BCUT2D eigenvalue weighted by Gasteiger charge is -2.36. The number of rotatable bonds is 6. The summed E-state index contributed by atoms with van der Waals surface area (Å²) in [5.41, 5.74) is 11.4. The average molecular weight is 470 g/mol. The number of hydrogen-bond donors (Lipinski definition) is 2. The molecule has 1 aliphatic rings. The molecule has 0 unspecified atom stereocenters. The van der Waals surface area contributed by atoms with Gasteiger partial charge in [-0.1, -0.05) is 24.3 Å². The third kappa shape index (κ3) is 5.11. The van der Waals surface area contributed by atoms with E-state index in [1.54, 1.807) is 11.3 Å². The van der Waals surface area contributed by atoms with Crippen LogP contribution < -0.4 is 16.0 Å². The number of nitrogens with two attached hydrogens (primary N) is 1. The molecular formula is C27H27N5OS. The van der Waals surface area contributed by atoms with E-state index in [1.807, 2.05) is 66.3 Å².